The lowest BCUT2D eigenvalue weighted by Gasteiger charge is -2.36. The molecule has 8 heteroatoms. The fourth-order valence-corrected chi connectivity index (χ4v) is 3.96. The van der Waals surface area contributed by atoms with E-state index in [0.29, 0.717) is 31.1 Å². The molecule has 1 unspecified atom stereocenters. The van der Waals surface area contributed by atoms with Gasteiger partial charge in [-0.15, -0.1) is 0 Å². The number of nitrogens with zero attached hydrogens (tertiary/aromatic N) is 3. The molecule has 29 heavy (non-hydrogen) atoms. The number of hydrogen-bond donors (Lipinski definition) is 3. The van der Waals surface area contributed by atoms with Gasteiger partial charge in [-0.25, -0.2) is 4.98 Å². The highest BCUT2D eigenvalue weighted by Gasteiger charge is 2.25. The van der Waals surface area contributed by atoms with E-state index in [0.717, 1.165) is 49.7 Å². The van der Waals surface area contributed by atoms with E-state index >= 15 is 0 Å². The van der Waals surface area contributed by atoms with E-state index in [1.54, 1.807) is 6.20 Å². The second-order valence-electron chi connectivity index (χ2n) is 7.28. The number of aromatic nitrogens is 1. The van der Waals surface area contributed by atoms with Gasteiger partial charge >= 0.3 is 0 Å². The highest BCUT2D eigenvalue weighted by molar-refractivity contribution is 5.98. The van der Waals surface area contributed by atoms with Gasteiger partial charge in [-0.05, 0) is 17.7 Å². The number of anilines is 3. The first kappa shape index (κ1) is 19.6. The molecule has 2 saturated heterocycles. The van der Waals surface area contributed by atoms with Crippen LogP contribution in [0.5, 0.6) is 0 Å². The number of nitrogens with one attached hydrogen (secondary N) is 1. The van der Waals surface area contributed by atoms with Crippen LogP contribution < -0.4 is 21.3 Å². The number of pyridine rings is 1. The monoisotopic (exact) mass is 396 g/mol. The van der Waals surface area contributed by atoms with Gasteiger partial charge in [-0.3, -0.25) is 0 Å². The zero-order valence-corrected chi connectivity index (χ0v) is 16.5. The molecule has 2 fully saturated rings. The van der Waals surface area contributed by atoms with Crippen molar-refractivity contribution in [3.8, 4) is 11.1 Å². The predicted molar refractivity (Wildman–Crippen MR) is 116 cm³/mol. The molecule has 3 heterocycles. The minimum atomic E-state index is -0.0340. The van der Waals surface area contributed by atoms with E-state index in [-0.39, 0.29) is 6.10 Å². The van der Waals surface area contributed by atoms with E-state index in [9.17, 15) is 0 Å². The molecule has 1 aromatic carbocycles. The van der Waals surface area contributed by atoms with Gasteiger partial charge < -0.3 is 36.2 Å². The maximum Gasteiger partial charge on any atom is 0.134 e. The van der Waals surface area contributed by atoms with Crippen molar-refractivity contribution < 1.29 is 9.47 Å². The van der Waals surface area contributed by atoms with Gasteiger partial charge in [0.05, 0.1) is 37.2 Å². The highest BCUT2D eigenvalue weighted by Crippen LogP contribution is 2.36. The Labute approximate surface area is 170 Å². The summed E-state index contributed by atoms with van der Waals surface area (Å²) < 4.78 is 11.2. The Hall–Kier alpha value is -2.68. The summed E-state index contributed by atoms with van der Waals surface area (Å²) in [5.74, 6) is 0.361. The largest absolute Gasteiger partial charge is 0.383 e. The third-order valence-corrected chi connectivity index (χ3v) is 5.54. The number of benzene rings is 1. The van der Waals surface area contributed by atoms with Crippen LogP contribution in [-0.2, 0) is 9.47 Å². The van der Waals surface area contributed by atoms with Crippen LogP contribution in [0.4, 0.5) is 17.2 Å². The summed E-state index contributed by atoms with van der Waals surface area (Å²) >= 11 is 0. The Morgan fingerprint density at radius 2 is 1.83 bits per heavy atom. The first-order chi connectivity index (χ1) is 14.2. The molecule has 2 aliphatic heterocycles. The fourth-order valence-electron chi connectivity index (χ4n) is 3.96. The molecule has 0 aliphatic carbocycles. The zero-order valence-electron chi connectivity index (χ0n) is 16.5. The van der Waals surface area contributed by atoms with E-state index in [2.05, 4.69) is 39.0 Å². The van der Waals surface area contributed by atoms with Crippen molar-refractivity contribution in [2.75, 3.05) is 68.1 Å². The Morgan fingerprint density at radius 3 is 2.52 bits per heavy atom. The standard InChI is InChI=1S/C21H28N6O2/c22-11-17-14-27(7-10-29-17)20-18(12-23)21(24)25-13-19(20)15-1-3-16(4-2-15)26-5-8-28-9-6-26/h1-4,12-13,17,23H,5-11,14,22H2,(H2,24,25). The molecule has 0 bridgehead atoms. The van der Waals surface area contributed by atoms with Crippen LogP contribution in [0.15, 0.2) is 30.5 Å². The van der Waals surface area contributed by atoms with Crippen molar-refractivity contribution in [3.05, 3.63) is 36.0 Å². The number of rotatable bonds is 5. The normalized spacial score (nSPS) is 20.0. The van der Waals surface area contributed by atoms with E-state index in [1.807, 2.05) is 0 Å². The van der Waals surface area contributed by atoms with E-state index < -0.39 is 0 Å². The Kier molecular flexibility index (Phi) is 5.94. The minimum Gasteiger partial charge on any atom is -0.383 e. The number of morpholine rings is 2. The van der Waals surface area contributed by atoms with Crippen LogP contribution in [0.3, 0.4) is 0 Å². The van der Waals surface area contributed by atoms with Crippen LogP contribution in [0.2, 0.25) is 0 Å². The topological polar surface area (TPSA) is 114 Å². The van der Waals surface area contributed by atoms with Crippen molar-refractivity contribution in [2.24, 2.45) is 5.73 Å². The average molecular weight is 396 g/mol. The summed E-state index contributed by atoms with van der Waals surface area (Å²) in [6.45, 7) is 5.77. The molecule has 1 atom stereocenters. The van der Waals surface area contributed by atoms with E-state index in [1.165, 1.54) is 11.9 Å². The quantitative estimate of drug-likeness (QED) is 0.653. The lowest BCUT2D eigenvalue weighted by molar-refractivity contribution is 0.0466. The lowest BCUT2D eigenvalue weighted by Crippen LogP contribution is -2.46. The SMILES string of the molecule is N=Cc1c(N)ncc(-c2ccc(N3CCOCC3)cc2)c1N1CCOC(CN)C1. The van der Waals surface area contributed by atoms with Crippen molar-refractivity contribution in [2.45, 2.75) is 6.10 Å². The van der Waals surface area contributed by atoms with Gasteiger partial charge in [0.25, 0.3) is 0 Å². The molecule has 8 nitrogen and oxygen atoms in total. The second-order valence-corrected chi connectivity index (χ2v) is 7.28. The zero-order chi connectivity index (χ0) is 20.2. The van der Waals surface area contributed by atoms with Crippen molar-refractivity contribution in [1.82, 2.24) is 4.98 Å². The summed E-state index contributed by atoms with van der Waals surface area (Å²) in [6.07, 6.45) is 3.05. The molecular formula is C21H28N6O2. The molecule has 1 aromatic heterocycles. The van der Waals surface area contributed by atoms with Crippen LogP contribution >= 0.6 is 0 Å². The average Bonchev–Trinajstić information content (AvgIpc) is 2.79. The highest BCUT2D eigenvalue weighted by atomic mass is 16.5. The van der Waals surface area contributed by atoms with Gasteiger partial charge in [0.1, 0.15) is 5.82 Å². The molecule has 0 saturated carbocycles. The van der Waals surface area contributed by atoms with Crippen LogP contribution in [-0.4, -0.2) is 69.8 Å². The molecule has 0 radical (unpaired) electrons. The summed E-state index contributed by atoms with van der Waals surface area (Å²) in [6, 6.07) is 8.48. The molecular weight excluding hydrogens is 368 g/mol. The first-order valence-corrected chi connectivity index (χ1v) is 10.00. The summed E-state index contributed by atoms with van der Waals surface area (Å²) in [5.41, 5.74) is 16.7. The Balaban J connectivity index is 1.70. The third kappa shape index (κ3) is 4.05. The summed E-state index contributed by atoms with van der Waals surface area (Å²) in [5, 5.41) is 7.92. The second kappa shape index (κ2) is 8.77. The van der Waals surface area contributed by atoms with Crippen molar-refractivity contribution in [3.63, 3.8) is 0 Å². The lowest BCUT2D eigenvalue weighted by atomic mass is 10.00. The number of hydrogen-bond acceptors (Lipinski definition) is 8. The molecule has 4 rings (SSSR count). The molecule has 5 N–H and O–H groups in total. The Bertz CT molecular complexity index is 851. The van der Waals surface area contributed by atoms with Gasteiger partial charge in [-0.1, -0.05) is 12.1 Å². The summed E-state index contributed by atoms with van der Waals surface area (Å²) in [7, 11) is 0. The number of nitrogens with two attached hydrogens (primary N) is 2. The van der Waals surface area contributed by atoms with Crippen molar-refractivity contribution >= 4 is 23.4 Å². The minimum absolute atomic E-state index is 0.0340. The van der Waals surface area contributed by atoms with Crippen molar-refractivity contribution in [1.29, 1.82) is 5.41 Å². The molecule has 154 valence electrons. The van der Waals surface area contributed by atoms with Gasteiger partial charge in [0.2, 0.25) is 0 Å². The van der Waals surface area contributed by atoms with Crippen LogP contribution in [0.25, 0.3) is 11.1 Å². The first-order valence-electron chi connectivity index (χ1n) is 10.00. The van der Waals surface area contributed by atoms with Gasteiger partial charge in [0.15, 0.2) is 0 Å². The number of ether oxygens (including phenoxy) is 2. The molecule has 2 aromatic rings. The van der Waals surface area contributed by atoms with Gasteiger partial charge in [0, 0.05) is 56.4 Å². The molecule has 0 spiro atoms. The Morgan fingerprint density at radius 1 is 1.10 bits per heavy atom. The van der Waals surface area contributed by atoms with E-state index in [4.69, 9.17) is 26.4 Å². The fraction of sp³-hybridized carbons (Fsp3) is 0.429. The summed E-state index contributed by atoms with van der Waals surface area (Å²) in [4.78, 5) is 8.89. The molecule has 0 amide bonds. The smallest absolute Gasteiger partial charge is 0.134 e. The maximum atomic E-state index is 7.92. The third-order valence-electron chi connectivity index (χ3n) is 5.54. The van der Waals surface area contributed by atoms with Gasteiger partial charge in [-0.2, -0.15) is 0 Å². The maximum absolute atomic E-state index is 7.92. The van der Waals surface area contributed by atoms with Crippen LogP contribution in [0, 0.1) is 5.41 Å². The molecule has 2 aliphatic rings. The van der Waals surface area contributed by atoms with Crippen LogP contribution in [0.1, 0.15) is 5.56 Å². The predicted octanol–water partition coefficient (Wildman–Crippen LogP) is 1.33. The number of nitrogen functional groups attached to an aromatic ring is 1.